The van der Waals surface area contributed by atoms with E-state index in [1.165, 1.54) is 0 Å². The van der Waals surface area contributed by atoms with Crippen molar-refractivity contribution < 1.29 is 4.79 Å². The van der Waals surface area contributed by atoms with E-state index in [2.05, 4.69) is 20.4 Å². The first kappa shape index (κ1) is 16.2. The topological polar surface area (TPSA) is 68.0 Å². The van der Waals surface area contributed by atoms with Crippen LogP contribution in [0.5, 0.6) is 0 Å². The molecule has 0 fully saturated rings. The molecule has 2 aromatic heterocycles. The standard InChI is InChI=1S/C15H24N6O/c1-6-21-12(3)14(11(2)18-21)15(22)17-13-9-16-20(10-13)8-7-19(4)5/h9-10H,6-8H2,1-5H3,(H,17,22). The minimum atomic E-state index is -0.137. The molecule has 0 saturated carbocycles. The minimum Gasteiger partial charge on any atom is -0.319 e. The van der Waals surface area contributed by atoms with Crippen LogP contribution in [0, 0.1) is 13.8 Å². The highest BCUT2D eigenvalue weighted by molar-refractivity contribution is 6.05. The third kappa shape index (κ3) is 3.54. The van der Waals surface area contributed by atoms with E-state index in [-0.39, 0.29) is 5.91 Å². The Bertz CT molecular complexity index is 655. The molecule has 22 heavy (non-hydrogen) atoms. The number of anilines is 1. The molecule has 2 rings (SSSR count). The maximum Gasteiger partial charge on any atom is 0.259 e. The lowest BCUT2D eigenvalue weighted by Gasteiger charge is -2.08. The van der Waals surface area contributed by atoms with E-state index in [0.717, 1.165) is 31.0 Å². The number of carbonyl (C=O) groups is 1. The van der Waals surface area contributed by atoms with Gasteiger partial charge in [-0.3, -0.25) is 14.2 Å². The smallest absolute Gasteiger partial charge is 0.259 e. The van der Waals surface area contributed by atoms with E-state index in [4.69, 9.17) is 0 Å². The molecule has 7 nitrogen and oxygen atoms in total. The lowest BCUT2D eigenvalue weighted by Crippen LogP contribution is -2.18. The van der Waals surface area contributed by atoms with Crippen LogP contribution in [0.15, 0.2) is 12.4 Å². The van der Waals surface area contributed by atoms with Gasteiger partial charge in [-0.2, -0.15) is 10.2 Å². The van der Waals surface area contributed by atoms with E-state index in [9.17, 15) is 4.79 Å². The quantitative estimate of drug-likeness (QED) is 0.879. The number of likely N-dealkylation sites (N-methyl/N-ethyl adjacent to an activating group) is 1. The van der Waals surface area contributed by atoms with Crippen molar-refractivity contribution in [1.29, 1.82) is 0 Å². The Morgan fingerprint density at radius 2 is 2.09 bits per heavy atom. The summed E-state index contributed by atoms with van der Waals surface area (Å²) in [5.74, 6) is -0.137. The van der Waals surface area contributed by atoms with Crippen LogP contribution >= 0.6 is 0 Å². The van der Waals surface area contributed by atoms with E-state index < -0.39 is 0 Å². The number of nitrogens with zero attached hydrogens (tertiary/aromatic N) is 5. The number of nitrogens with one attached hydrogen (secondary N) is 1. The molecule has 0 aliphatic heterocycles. The second-order valence-electron chi connectivity index (χ2n) is 5.61. The maximum atomic E-state index is 12.5. The molecule has 0 unspecified atom stereocenters. The van der Waals surface area contributed by atoms with Gasteiger partial charge >= 0.3 is 0 Å². The number of amides is 1. The van der Waals surface area contributed by atoms with Crippen molar-refractivity contribution in [2.75, 3.05) is 26.0 Å². The van der Waals surface area contributed by atoms with Gasteiger partial charge in [0.15, 0.2) is 0 Å². The number of carbonyl (C=O) groups excluding carboxylic acids is 1. The van der Waals surface area contributed by atoms with Crippen LogP contribution in [0.1, 0.15) is 28.7 Å². The molecule has 0 radical (unpaired) electrons. The van der Waals surface area contributed by atoms with Gasteiger partial charge < -0.3 is 10.2 Å². The normalized spacial score (nSPS) is 11.2. The largest absolute Gasteiger partial charge is 0.319 e. The van der Waals surface area contributed by atoms with Gasteiger partial charge in [0.05, 0.1) is 29.7 Å². The number of aryl methyl sites for hydroxylation is 2. The van der Waals surface area contributed by atoms with Crippen LogP contribution in [-0.4, -0.2) is 51.0 Å². The number of hydrogen-bond acceptors (Lipinski definition) is 4. The highest BCUT2D eigenvalue weighted by Crippen LogP contribution is 2.15. The van der Waals surface area contributed by atoms with Gasteiger partial charge in [0.25, 0.3) is 5.91 Å². The SMILES string of the molecule is CCn1nc(C)c(C(=O)Nc2cnn(CCN(C)C)c2)c1C. The summed E-state index contributed by atoms with van der Waals surface area (Å²) in [4.78, 5) is 14.5. The highest BCUT2D eigenvalue weighted by atomic mass is 16.1. The summed E-state index contributed by atoms with van der Waals surface area (Å²) in [6.07, 6.45) is 3.51. The molecule has 2 aromatic rings. The van der Waals surface area contributed by atoms with Crippen LogP contribution in [0.2, 0.25) is 0 Å². The second kappa shape index (κ2) is 6.74. The van der Waals surface area contributed by atoms with Crippen molar-refractivity contribution in [3.63, 3.8) is 0 Å². The Morgan fingerprint density at radius 3 is 2.68 bits per heavy atom. The van der Waals surface area contributed by atoms with Gasteiger partial charge in [-0.1, -0.05) is 0 Å². The molecule has 7 heteroatoms. The average Bonchev–Trinajstić information content (AvgIpc) is 3.00. The molecule has 0 aliphatic rings. The third-order valence-corrected chi connectivity index (χ3v) is 3.58. The number of rotatable bonds is 6. The zero-order chi connectivity index (χ0) is 16.3. The van der Waals surface area contributed by atoms with Crippen molar-refractivity contribution in [2.24, 2.45) is 0 Å². The maximum absolute atomic E-state index is 12.5. The Morgan fingerprint density at radius 1 is 1.36 bits per heavy atom. The molecule has 120 valence electrons. The molecule has 0 saturated heterocycles. The first-order valence-electron chi connectivity index (χ1n) is 7.45. The zero-order valence-electron chi connectivity index (χ0n) is 13.9. The molecule has 0 bridgehead atoms. The predicted molar refractivity (Wildman–Crippen MR) is 86.1 cm³/mol. The Hall–Kier alpha value is -2.15. The van der Waals surface area contributed by atoms with Gasteiger partial charge in [-0.05, 0) is 34.9 Å². The van der Waals surface area contributed by atoms with Crippen LogP contribution in [-0.2, 0) is 13.1 Å². The van der Waals surface area contributed by atoms with Crippen LogP contribution in [0.25, 0.3) is 0 Å². The molecular formula is C15H24N6O. The molecular weight excluding hydrogens is 280 g/mol. The van der Waals surface area contributed by atoms with E-state index in [1.807, 2.05) is 50.4 Å². The second-order valence-corrected chi connectivity index (χ2v) is 5.61. The summed E-state index contributed by atoms with van der Waals surface area (Å²) >= 11 is 0. The average molecular weight is 304 g/mol. The summed E-state index contributed by atoms with van der Waals surface area (Å²) in [5.41, 5.74) is 2.98. The van der Waals surface area contributed by atoms with Gasteiger partial charge in [0.2, 0.25) is 0 Å². The third-order valence-electron chi connectivity index (χ3n) is 3.58. The summed E-state index contributed by atoms with van der Waals surface area (Å²) in [5, 5.41) is 11.5. The van der Waals surface area contributed by atoms with E-state index >= 15 is 0 Å². The van der Waals surface area contributed by atoms with Crippen LogP contribution in [0.4, 0.5) is 5.69 Å². The predicted octanol–water partition coefficient (Wildman–Crippen LogP) is 1.53. The van der Waals surface area contributed by atoms with Crippen molar-refractivity contribution >= 4 is 11.6 Å². The van der Waals surface area contributed by atoms with Crippen molar-refractivity contribution in [3.8, 4) is 0 Å². The molecule has 0 spiro atoms. The lowest BCUT2D eigenvalue weighted by molar-refractivity contribution is 0.102. The molecule has 2 heterocycles. The van der Waals surface area contributed by atoms with Crippen LogP contribution in [0.3, 0.4) is 0 Å². The van der Waals surface area contributed by atoms with Gasteiger partial charge in [-0.25, -0.2) is 0 Å². The summed E-state index contributed by atoms with van der Waals surface area (Å²) in [6.45, 7) is 8.22. The fraction of sp³-hybridized carbons (Fsp3) is 0.533. The first-order chi connectivity index (χ1) is 10.4. The Labute approximate surface area is 130 Å². The Balaban J connectivity index is 2.08. The lowest BCUT2D eigenvalue weighted by atomic mass is 10.2. The van der Waals surface area contributed by atoms with E-state index in [1.54, 1.807) is 6.20 Å². The molecule has 0 atom stereocenters. The van der Waals surface area contributed by atoms with Gasteiger partial charge in [-0.15, -0.1) is 0 Å². The van der Waals surface area contributed by atoms with Crippen molar-refractivity contribution in [3.05, 3.63) is 29.3 Å². The molecule has 0 aromatic carbocycles. The zero-order valence-corrected chi connectivity index (χ0v) is 13.9. The van der Waals surface area contributed by atoms with Crippen molar-refractivity contribution in [1.82, 2.24) is 24.5 Å². The molecule has 1 N–H and O–H groups in total. The molecule has 1 amide bonds. The summed E-state index contributed by atoms with van der Waals surface area (Å²) < 4.78 is 3.66. The summed E-state index contributed by atoms with van der Waals surface area (Å²) in [6, 6.07) is 0. The number of hydrogen-bond donors (Lipinski definition) is 1. The highest BCUT2D eigenvalue weighted by Gasteiger charge is 2.18. The summed E-state index contributed by atoms with van der Waals surface area (Å²) in [7, 11) is 4.03. The van der Waals surface area contributed by atoms with Gasteiger partial charge in [0.1, 0.15) is 0 Å². The fourth-order valence-electron chi connectivity index (χ4n) is 2.38. The number of aromatic nitrogens is 4. The Kier molecular flexibility index (Phi) is 4.97. The van der Waals surface area contributed by atoms with Crippen molar-refractivity contribution in [2.45, 2.75) is 33.9 Å². The van der Waals surface area contributed by atoms with E-state index in [0.29, 0.717) is 11.3 Å². The van der Waals surface area contributed by atoms with Crippen LogP contribution < -0.4 is 5.32 Å². The monoisotopic (exact) mass is 304 g/mol. The fourth-order valence-corrected chi connectivity index (χ4v) is 2.38. The minimum absolute atomic E-state index is 0.137. The van der Waals surface area contributed by atoms with Gasteiger partial charge in [0, 0.05) is 25.0 Å². The molecule has 0 aliphatic carbocycles. The first-order valence-corrected chi connectivity index (χ1v) is 7.45.